The number of rotatable bonds is 5. The fraction of sp³-hybridized carbons (Fsp3) is 0.200. The van der Waals surface area contributed by atoms with E-state index in [1.807, 2.05) is 6.07 Å². The third-order valence-electron chi connectivity index (χ3n) is 2.92. The first-order valence-corrected chi connectivity index (χ1v) is 7.46. The lowest BCUT2D eigenvalue weighted by molar-refractivity contribution is -0.137. The molecule has 23 heavy (non-hydrogen) atoms. The average Bonchev–Trinajstić information content (AvgIpc) is 2.52. The Morgan fingerprint density at radius 3 is 2.35 bits per heavy atom. The van der Waals surface area contributed by atoms with Crippen LogP contribution in [-0.4, -0.2) is 24.0 Å². The highest BCUT2D eigenvalue weighted by molar-refractivity contribution is 9.10. The lowest BCUT2D eigenvalue weighted by Gasteiger charge is -2.09. The van der Waals surface area contributed by atoms with Crippen molar-refractivity contribution in [3.8, 4) is 0 Å². The van der Waals surface area contributed by atoms with Crippen LogP contribution in [0.2, 0.25) is 0 Å². The van der Waals surface area contributed by atoms with Gasteiger partial charge in [-0.3, -0.25) is 4.79 Å². The Balaban J connectivity index is 1.79. The molecule has 122 valence electrons. The maximum atomic E-state index is 12.4. The average molecular weight is 388 g/mol. The van der Waals surface area contributed by atoms with Crippen molar-refractivity contribution in [3.63, 3.8) is 0 Å². The van der Waals surface area contributed by atoms with Crippen molar-refractivity contribution >= 4 is 27.7 Å². The number of nitrogens with zero attached hydrogens (tertiary/aromatic N) is 1. The monoisotopic (exact) mass is 387 g/mol. The van der Waals surface area contributed by atoms with E-state index in [0.717, 1.165) is 28.7 Å². The van der Waals surface area contributed by atoms with E-state index >= 15 is 0 Å². The summed E-state index contributed by atoms with van der Waals surface area (Å²) in [5.74, 6) is 0.237. The number of anilines is 1. The standard InChI is InChI=1S/C15H13BrF3N3O/c16-12-5-6-13(22-9-12)20-7-8-21-14(23)10-1-3-11(4-2-10)15(17,18)19/h1-6,9H,7-8H2,(H,20,22)(H,21,23). The molecule has 1 aromatic carbocycles. The number of aromatic nitrogens is 1. The number of amides is 1. The Bertz CT molecular complexity index is 657. The van der Waals surface area contributed by atoms with Gasteiger partial charge in [-0.2, -0.15) is 13.2 Å². The summed E-state index contributed by atoms with van der Waals surface area (Å²) in [6, 6.07) is 7.69. The summed E-state index contributed by atoms with van der Waals surface area (Å²) >= 11 is 3.27. The first kappa shape index (κ1) is 17.3. The van der Waals surface area contributed by atoms with Gasteiger partial charge in [-0.1, -0.05) is 0 Å². The second kappa shape index (κ2) is 7.45. The van der Waals surface area contributed by atoms with Gasteiger partial charge < -0.3 is 10.6 Å². The molecule has 2 N–H and O–H groups in total. The van der Waals surface area contributed by atoms with Crippen molar-refractivity contribution in [2.75, 3.05) is 18.4 Å². The number of pyridine rings is 1. The predicted molar refractivity (Wildman–Crippen MR) is 84.2 cm³/mol. The normalized spacial score (nSPS) is 11.1. The van der Waals surface area contributed by atoms with Crippen molar-refractivity contribution < 1.29 is 18.0 Å². The Kier molecular flexibility index (Phi) is 5.59. The SMILES string of the molecule is O=C(NCCNc1ccc(Br)cn1)c1ccc(C(F)(F)F)cc1. The summed E-state index contributed by atoms with van der Waals surface area (Å²) in [6.45, 7) is 0.763. The van der Waals surface area contributed by atoms with Gasteiger partial charge in [0.1, 0.15) is 5.82 Å². The van der Waals surface area contributed by atoms with E-state index in [1.165, 1.54) is 0 Å². The van der Waals surface area contributed by atoms with Crippen LogP contribution in [0.4, 0.5) is 19.0 Å². The van der Waals surface area contributed by atoms with Gasteiger partial charge in [0.2, 0.25) is 0 Å². The lowest BCUT2D eigenvalue weighted by Crippen LogP contribution is -2.28. The number of benzene rings is 1. The Labute approximate surface area is 139 Å². The number of hydrogen-bond acceptors (Lipinski definition) is 3. The number of carbonyl (C=O) groups excluding carboxylic acids is 1. The van der Waals surface area contributed by atoms with E-state index in [2.05, 4.69) is 31.5 Å². The molecule has 0 atom stereocenters. The van der Waals surface area contributed by atoms with Crippen molar-refractivity contribution in [2.45, 2.75) is 6.18 Å². The van der Waals surface area contributed by atoms with Crippen molar-refractivity contribution in [1.29, 1.82) is 0 Å². The van der Waals surface area contributed by atoms with Crippen molar-refractivity contribution in [3.05, 3.63) is 58.2 Å². The van der Waals surface area contributed by atoms with Crippen LogP contribution in [0.5, 0.6) is 0 Å². The van der Waals surface area contributed by atoms with Crippen LogP contribution < -0.4 is 10.6 Å². The molecule has 0 aliphatic heterocycles. The quantitative estimate of drug-likeness (QED) is 0.769. The van der Waals surface area contributed by atoms with Gasteiger partial charge >= 0.3 is 6.18 Å². The first-order valence-electron chi connectivity index (χ1n) is 6.67. The van der Waals surface area contributed by atoms with E-state index in [0.29, 0.717) is 18.9 Å². The second-order valence-electron chi connectivity index (χ2n) is 4.62. The molecule has 0 radical (unpaired) electrons. The van der Waals surface area contributed by atoms with E-state index in [9.17, 15) is 18.0 Å². The summed E-state index contributed by atoms with van der Waals surface area (Å²) < 4.78 is 38.2. The maximum absolute atomic E-state index is 12.4. The third-order valence-corrected chi connectivity index (χ3v) is 3.39. The highest BCUT2D eigenvalue weighted by atomic mass is 79.9. The molecule has 4 nitrogen and oxygen atoms in total. The van der Waals surface area contributed by atoms with Gasteiger partial charge in [0, 0.05) is 29.3 Å². The zero-order chi connectivity index (χ0) is 16.9. The van der Waals surface area contributed by atoms with Crippen LogP contribution in [0.25, 0.3) is 0 Å². The summed E-state index contributed by atoms with van der Waals surface area (Å²) in [4.78, 5) is 15.9. The van der Waals surface area contributed by atoms with Crippen LogP contribution in [0, 0.1) is 0 Å². The van der Waals surface area contributed by atoms with E-state index in [4.69, 9.17) is 0 Å². The van der Waals surface area contributed by atoms with Crippen LogP contribution in [0.15, 0.2) is 47.1 Å². The molecule has 0 saturated carbocycles. The minimum Gasteiger partial charge on any atom is -0.368 e. The molecular formula is C15H13BrF3N3O. The molecule has 0 aliphatic carbocycles. The van der Waals surface area contributed by atoms with E-state index < -0.39 is 17.6 Å². The highest BCUT2D eigenvalue weighted by Crippen LogP contribution is 2.29. The highest BCUT2D eigenvalue weighted by Gasteiger charge is 2.30. The van der Waals surface area contributed by atoms with E-state index in [-0.39, 0.29) is 5.56 Å². The van der Waals surface area contributed by atoms with Gasteiger partial charge in [0.25, 0.3) is 5.91 Å². The van der Waals surface area contributed by atoms with Gasteiger partial charge in [-0.05, 0) is 52.3 Å². The Morgan fingerprint density at radius 2 is 1.78 bits per heavy atom. The van der Waals surface area contributed by atoms with Crippen LogP contribution in [0.1, 0.15) is 15.9 Å². The van der Waals surface area contributed by atoms with Gasteiger partial charge in [0.05, 0.1) is 5.56 Å². The molecule has 1 aromatic heterocycles. The molecule has 1 amide bonds. The fourth-order valence-electron chi connectivity index (χ4n) is 1.76. The van der Waals surface area contributed by atoms with E-state index in [1.54, 1.807) is 12.3 Å². The number of alkyl halides is 3. The fourth-order valence-corrected chi connectivity index (χ4v) is 1.99. The number of halogens is 4. The molecule has 0 fully saturated rings. The summed E-state index contributed by atoms with van der Waals surface area (Å²) in [6.07, 6.45) is -2.76. The third kappa shape index (κ3) is 5.24. The summed E-state index contributed by atoms with van der Waals surface area (Å²) in [5.41, 5.74) is -0.600. The summed E-state index contributed by atoms with van der Waals surface area (Å²) in [5, 5.41) is 5.63. The van der Waals surface area contributed by atoms with Crippen LogP contribution >= 0.6 is 15.9 Å². The number of hydrogen-bond donors (Lipinski definition) is 2. The maximum Gasteiger partial charge on any atom is 0.416 e. The van der Waals surface area contributed by atoms with Crippen molar-refractivity contribution in [2.24, 2.45) is 0 Å². The molecule has 0 saturated heterocycles. The Hall–Kier alpha value is -2.09. The number of nitrogens with one attached hydrogen (secondary N) is 2. The molecule has 0 spiro atoms. The van der Waals surface area contributed by atoms with Gasteiger partial charge in [-0.25, -0.2) is 4.98 Å². The zero-order valence-electron chi connectivity index (χ0n) is 11.8. The minimum atomic E-state index is -4.41. The summed E-state index contributed by atoms with van der Waals surface area (Å²) in [7, 11) is 0. The minimum absolute atomic E-state index is 0.180. The van der Waals surface area contributed by atoms with Gasteiger partial charge in [-0.15, -0.1) is 0 Å². The molecule has 0 bridgehead atoms. The molecule has 0 unspecified atom stereocenters. The topological polar surface area (TPSA) is 54.0 Å². The zero-order valence-corrected chi connectivity index (χ0v) is 13.4. The molecular weight excluding hydrogens is 375 g/mol. The van der Waals surface area contributed by atoms with Crippen LogP contribution in [-0.2, 0) is 6.18 Å². The largest absolute Gasteiger partial charge is 0.416 e. The molecule has 0 aliphatic rings. The molecule has 8 heteroatoms. The predicted octanol–water partition coefficient (Wildman–Crippen LogP) is 3.70. The van der Waals surface area contributed by atoms with Crippen LogP contribution in [0.3, 0.4) is 0 Å². The molecule has 2 rings (SSSR count). The molecule has 2 aromatic rings. The second-order valence-corrected chi connectivity index (χ2v) is 5.54. The Morgan fingerprint density at radius 1 is 1.09 bits per heavy atom. The van der Waals surface area contributed by atoms with Gasteiger partial charge in [0.15, 0.2) is 0 Å². The van der Waals surface area contributed by atoms with Crippen molar-refractivity contribution in [1.82, 2.24) is 10.3 Å². The molecule has 1 heterocycles. The first-order chi connectivity index (χ1) is 10.9. The lowest BCUT2D eigenvalue weighted by atomic mass is 10.1. The smallest absolute Gasteiger partial charge is 0.368 e. The number of carbonyl (C=O) groups is 1.